The van der Waals surface area contributed by atoms with Gasteiger partial charge >= 0.3 is 0 Å². The Morgan fingerprint density at radius 2 is 0.467 bits per heavy atom. The van der Waals surface area contributed by atoms with E-state index in [0.29, 0.717) is 51.7 Å². The summed E-state index contributed by atoms with van der Waals surface area (Å²) in [5.41, 5.74) is 16.8. The molecule has 90 heavy (non-hydrogen) atoms. The second-order valence-corrected chi connectivity index (χ2v) is 26.8. The van der Waals surface area contributed by atoms with E-state index < -0.39 is 0 Å². The Morgan fingerprint density at radius 1 is 0.244 bits per heavy atom. The van der Waals surface area contributed by atoms with Gasteiger partial charge in [-0.25, -0.2) is 0 Å². The SMILES string of the molecule is Oc1c2cc(CN3CCCCC3)cc1Cc1cccc(c1OCc1ccccc1)Cc1cc(CN3CCCCC3)cc(c1O)Cc1cc(CN3CCCCC3)cc(c1O)Cc1cccc(c1OCc1ccccc1)Cc1cc(CN3CCCCC3)cc(c1O)C2. The van der Waals surface area contributed by atoms with Crippen molar-refractivity contribution in [1.29, 1.82) is 0 Å². The zero-order valence-corrected chi connectivity index (χ0v) is 52.9. The number of hydrogen-bond acceptors (Lipinski definition) is 10. The van der Waals surface area contributed by atoms with Crippen molar-refractivity contribution >= 4 is 0 Å². The van der Waals surface area contributed by atoms with Crippen LogP contribution in [0.4, 0.5) is 0 Å². The van der Waals surface area contributed by atoms with Gasteiger partial charge in [-0.15, -0.1) is 0 Å². The molecule has 0 amide bonds. The molecule has 8 aromatic rings. The van der Waals surface area contributed by atoms with Crippen LogP contribution in [0.5, 0.6) is 34.5 Å². The molecule has 0 aromatic heterocycles. The number of likely N-dealkylation sites (tertiary alicyclic amines) is 4. The minimum Gasteiger partial charge on any atom is -0.507 e. The molecular formula is C80H92N4O6. The first-order valence-corrected chi connectivity index (χ1v) is 34.0. The predicted molar refractivity (Wildman–Crippen MR) is 360 cm³/mol. The zero-order valence-electron chi connectivity index (χ0n) is 52.9. The van der Waals surface area contributed by atoms with Gasteiger partial charge in [0.1, 0.15) is 47.7 Å². The van der Waals surface area contributed by atoms with Gasteiger partial charge in [0.15, 0.2) is 0 Å². The van der Waals surface area contributed by atoms with E-state index in [4.69, 9.17) is 9.47 Å². The number of piperidine rings is 4. The van der Waals surface area contributed by atoms with E-state index in [-0.39, 0.29) is 23.0 Å². The largest absolute Gasteiger partial charge is 0.507 e. The Kier molecular flexibility index (Phi) is 19.8. The predicted octanol–water partition coefficient (Wildman–Crippen LogP) is 15.5. The van der Waals surface area contributed by atoms with Crippen LogP contribution in [0, 0.1) is 0 Å². The van der Waals surface area contributed by atoms with Crippen molar-refractivity contribution in [2.24, 2.45) is 0 Å². The highest BCUT2D eigenvalue weighted by molar-refractivity contribution is 5.59. The smallest absolute Gasteiger partial charge is 0.126 e. The molecular weight excluding hydrogens is 1110 g/mol. The molecule has 10 nitrogen and oxygen atoms in total. The van der Waals surface area contributed by atoms with Crippen molar-refractivity contribution < 1.29 is 29.9 Å². The molecule has 4 aliphatic heterocycles. The van der Waals surface area contributed by atoms with Gasteiger partial charge in [0, 0.05) is 64.7 Å². The van der Waals surface area contributed by atoms with E-state index in [1.165, 1.54) is 77.0 Å². The summed E-state index contributed by atoms with van der Waals surface area (Å²) in [4.78, 5) is 10.2. The molecule has 0 spiro atoms. The number of hydrogen-bond donors (Lipinski definition) is 4. The van der Waals surface area contributed by atoms with E-state index in [1.807, 2.05) is 36.4 Å². The van der Waals surface area contributed by atoms with Crippen LogP contribution in [0.3, 0.4) is 0 Å². The molecule has 0 atom stereocenters. The normalized spacial score (nSPS) is 17.3. The van der Waals surface area contributed by atoms with Gasteiger partial charge in [-0.3, -0.25) is 19.6 Å². The summed E-state index contributed by atoms with van der Waals surface area (Å²) in [5.74, 6) is 2.42. The number of ether oxygens (including phenoxy) is 2. The van der Waals surface area contributed by atoms with Crippen molar-refractivity contribution in [3.63, 3.8) is 0 Å². The topological polar surface area (TPSA) is 112 Å². The Bertz CT molecular complexity index is 3290. The van der Waals surface area contributed by atoms with Crippen LogP contribution in [0.15, 0.2) is 146 Å². The second kappa shape index (κ2) is 29.1. The van der Waals surface area contributed by atoms with Gasteiger partial charge in [0.05, 0.1) is 0 Å². The molecule has 468 valence electrons. The number of rotatable bonds is 14. The minimum absolute atomic E-state index is 0.233. The lowest BCUT2D eigenvalue weighted by molar-refractivity contribution is 0.220. The molecule has 4 heterocycles. The van der Waals surface area contributed by atoms with Crippen LogP contribution in [-0.4, -0.2) is 92.4 Å². The number of fused-ring (bicyclic) bond motifs is 12. The van der Waals surface area contributed by atoms with Crippen molar-refractivity contribution in [1.82, 2.24) is 19.6 Å². The fourth-order valence-electron chi connectivity index (χ4n) is 15.2. The maximum Gasteiger partial charge on any atom is 0.126 e. The van der Waals surface area contributed by atoms with Gasteiger partial charge in [0.25, 0.3) is 0 Å². The van der Waals surface area contributed by atoms with Gasteiger partial charge < -0.3 is 29.9 Å². The molecule has 12 bridgehead atoms. The minimum atomic E-state index is 0.233. The average molecular weight is 1210 g/mol. The molecule has 13 rings (SSSR count). The first-order chi connectivity index (χ1) is 44.2. The molecule has 5 aliphatic rings. The summed E-state index contributed by atoms with van der Waals surface area (Å²) in [6, 6.07) is 50.9. The first kappa shape index (κ1) is 61.3. The van der Waals surface area contributed by atoms with Crippen molar-refractivity contribution in [2.75, 3.05) is 52.4 Å². The van der Waals surface area contributed by atoms with Crippen molar-refractivity contribution in [3.8, 4) is 34.5 Å². The number of phenols is 4. The maximum atomic E-state index is 13.0. The average Bonchev–Trinajstić information content (AvgIpc) is 1.31. The third kappa shape index (κ3) is 15.2. The van der Waals surface area contributed by atoms with Gasteiger partial charge in [0.2, 0.25) is 0 Å². The highest BCUT2D eigenvalue weighted by Crippen LogP contribution is 2.42. The fourth-order valence-corrected chi connectivity index (χ4v) is 15.2. The van der Waals surface area contributed by atoms with Crippen LogP contribution in [-0.2, 0) is 77.9 Å². The summed E-state index contributed by atoms with van der Waals surface area (Å²) in [7, 11) is 0. The van der Waals surface area contributed by atoms with E-state index in [2.05, 4.69) is 129 Å². The third-order valence-corrected chi connectivity index (χ3v) is 19.8. The Balaban J connectivity index is 0.999. The Hall–Kier alpha value is -7.60. The molecule has 10 heteroatoms. The molecule has 4 fully saturated rings. The summed E-state index contributed by atoms with van der Waals surface area (Å²) in [6.45, 7) is 12.0. The molecule has 8 aromatic carbocycles. The molecule has 4 saturated heterocycles. The third-order valence-electron chi connectivity index (χ3n) is 19.8. The van der Waals surface area contributed by atoms with Gasteiger partial charge in [-0.1, -0.05) is 171 Å². The number of aromatic hydroxyl groups is 4. The Labute approximate surface area is 534 Å². The lowest BCUT2D eigenvalue weighted by Gasteiger charge is -2.28. The van der Waals surface area contributed by atoms with E-state index in [0.717, 1.165) is 190 Å². The van der Waals surface area contributed by atoms with Crippen molar-refractivity contribution in [3.05, 3.63) is 246 Å². The van der Waals surface area contributed by atoms with Crippen LogP contribution in [0.1, 0.15) is 177 Å². The number of nitrogens with zero attached hydrogens (tertiary/aromatic N) is 4. The standard InChI is InChI=1S/C80H92N4O6/c85-75-67-37-59(51-81-29-11-3-12-30-81)41-71(75)49-73-43-61(53-83-33-15-5-16-34-83)39-69(77(73)87)47-65-27-20-28-66(80(65)90-56-58-23-9-2-10-24-58)48-70-40-62(54-84-35-17-6-18-36-84)44-74(78(70)88)50-72-42-60(52-82-31-13-4-14-32-82)38-68(76(72)86)46-64-26-19-25-63(45-67)79(64)89-55-57-21-7-1-8-22-57/h1-2,7-10,19-28,37-44,85-88H,3-6,11-18,29-36,45-56H2. The zero-order chi connectivity index (χ0) is 61.2. The first-order valence-electron chi connectivity index (χ1n) is 34.0. The van der Waals surface area contributed by atoms with E-state index in [9.17, 15) is 20.4 Å². The lowest BCUT2D eigenvalue weighted by Crippen LogP contribution is -2.29. The van der Waals surface area contributed by atoms with Crippen molar-refractivity contribution in [2.45, 2.75) is 155 Å². The van der Waals surface area contributed by atoms with Crippen LogP contribution < -0.4 is 9.47 Å². The molecule has 4 N–H and O–H groups in total. The highest BCUT2D eigenvalue weighted by Gasteiger charge is 2.26. The van der Waals surface area contributed by atoms with E-state index >= 15 is 0 Å². The summed E-state index contributed by atoms with van der Waals surface area (Å²) >= 11 is 0. The molecule has 0 saturated carbocycles. The van der Waals surface area contributed by atoms with Crippen LogP contribution in [0.25, 0.3) is 0 Å². The van der Waals surface area contributed by atoms with Crippen LogP contribution in [0.2, 0.25) is 0 Å². The monoisotopic (exact) mass is 1200 g/mol. The summed E-state index contributed by atoms with van der Waals surface area (Å²) < 4.78 is 14.2. The number of phenolic OH excluding ortho intramolecular Hbond substituents is 4. The highest BCUT2D eigenvalue weighted by atomic mass is 16.5. The number of para-hydroxylation sites is 2. The molecule has 0 unspecified atom stereocenters. The Morgan fingerprint density at radius 3 is 0.700 bits per heavy atom. The molecule has 0 radical (unpaired) electrons. The molecule has 1 aliphatic carbocycles. The fraction of sp³-hybridized carbons (Fsp3) is 0.400. The number of benzene rings is 8. The van der Waals surface area contributed by atoms with Gasteiger partial charge in [-0.05, 0) is 204 Å². The van der Waals surface area contributed by atoms with Gasteiger partial charge in [-0.2, -0.15) is 0 Å². The van der Waals surface area contributed by atoms with Crippen LogP contribution >= 0.6 is 0 Å². The summed E-state index contributed by atoms with van der Waals surface area (Å²) in [6.07, 6.45) is 16.6. The maximum absolute atomic E-state index is 13.0. The lowest BCUT2D eigenvalue weighted by atomic mass is 9.89. The van der Waals surface area contributed by atoms with E-state index in [1.54, 1.807) is 0 Å². The second-order valence-electron chi connectivity index (χ2n) is 26.8. The summed E-state index contributed by atoms with van der Waals surface area (Å²) in [5, 5.41) is 51.8. The quantitative estimate of drug-likeness (QED) is 0.0840.